The van der Waals surface area contributed by atoms with Crippen LogP contribution < -0.4 is 10.4 Å². The first-order valence-electron chi connectivity index (χ1n) is 6.68. The van der Waals surface area contributed by atoms with Crippen molar-refractivity contribution in [3.63, 3.8) is 0 Å². The normalized spacial score (nSPS) is 17.1. The van der Waals surface area contributed by atoms with Crippen LogP contribution >= 0.6 is 7.43 Å². The fraction of sp³-hybridized carbons (Fsp3) is 1.00. The van der Waals surface area contributed by atoms with Gasteiger partial charge in [0.2, 0.25) is 0 Å². The number of hydrogen-bond acceptors (Lipinski definition) is 3. The Hall–Kier alpha value is 0.110. The predicted molar refractivity (Wildman–Crippen MR) is 76.7 cm³/mol. The molecule has 104 valence electrons. The van der Waals surface area contributed by atoms with Crippen molar-refractivity contribution in [3.8, 4) is 0 Å². The first kappa shape index (κ1) is 17.1. The van der Waals surface area contributed by atoms with E-state index in [1.807, 2.05) is 13.7 Å². The van der Waals surface area contributed by atoms with E-state index in [-0.39, 0.29) is 6.10 Å². The van der Waals surface area contributed by atoms with Crippen molar-refractivity contribution in [2.75, 3.05) is 26.8 Å². The molecule has 0 saturated carbocycles. The summed E-state index contributed by atoms with van der Waals surface area (Å²) in [6.45, 7) is 10.1. The van der Waals surface area contributed by atoms with Gasteiger partial charge in [0.15, 0.2) is 0 Å². The SMILES string of the molecule is CCC(CC)CNP(C)(=N)OC(CC)CNC. The number of rotatable bonds is 10. The molecule has 0 fully saturated rings. The van der Waals surface area contributed by atoms with Crippen LogP contribution in [0, 0.1) is 11.1 Å². The van der Waals surface area contributed by atoms with Crippen LogP contribution in [0.1, 0.15) is 40.0 Å². The van der Waals surface area contributed by atoms with Gasteiger partial charge < -0.3 is 9.84 Å². The molecule has 2 unspecified atom stereocenters. The molecule has 0 radical (unpaired) electrons. The first-order chi connectivity index (χ1) is 7.99. The summed E-state index contributed by atoms with van der Waals surface area (Å²) in [6.07, 6.45) is 3.42. The van der Waals surface area contributed by atoms with Crippen LogP contribution in [0.2, 0.25) is 0 Å². The predicted octanol–water partition coefficient (Wildman–Crippen LogP) is 3.27. The third-order valence-electron chi connectivity index (χ3n) is 3.08. The smallest absolute Gasteiger partial charge is 0.145 e. The molecule has 0 heterocycles. The number of hydrogen-bond donors (Lipinski definition) is 3. The average molecular weight is 263 g/mol. The van der Waals surface area contributed by atoms with E-state index in [2.05, 4.69) is 31.2 Å². The Balaban J connectivity index is 4.13. The zero-order valence-electron chi connectivity index (χ0n) is 12.0. The van der Waals surface area contributed by atoms with Gasteiger partial charge in [0.1, 0.15) is 7.43 Å². The lowest BCUT2D eigenvalue weighted by atomic mass is 10.0. The van der Waals surface area contributed by atoms with Crippen LogP contribution in [0.5, 0.6) is 0 Å². The molecule has 17 heavy (non-hydrogen) atoms. The second-order valence-corrected chi connectivity index (χ2v) is 7.04. The van der Waals surface area contributed by atoms with E-state index in [0.717, 1.165) is 32.4 Å². The summed E-state index contributed by atoms with van der Waals surface area (Å²) in [5.74, 6) is 0.660. The van der Waals surface area contributed by atoms with Gasteiger partial charge in [-0.2, -0.15) is 0 Å². The Morgan fingerprint density at radius 1 is 1.12 bits per heavy atom. The first-order valence-corrected chi connectivity index (χ1v) is 8.84. The highest BCUT2D eigenvalue weighted by atomic mass is 31.2. The maximum absolute atomic E-state index is 8.23. The van der Waals surface area contributed by atoms with E-state index in [4.69, 9.17) is 9.69 Å². The van der Waals surface area contributed by atoms with Gasteiger partial charge in [-0.05, 0) is 19.4 Å². The van der Waals surface area contributed by atoms with Crippen molar-refractivity contribution >= 4 is 7.43 Å². The highest BCUT2D eigenvalue weighted by molar-refractivity contribution is 7.57. The summed E-state index contributed by atoms with van der Waals surface area (Å²) < 4.78 is 5.87. The Labute approximate surface area is 107 Å². The summed E-state index contributed by atoms with van der Waals surface area (Å²) in [5, 5.41) is 14.7. The fourth-order valence-corrected chi connectivity index (χ4v) is 3.20. The summed E-state index contributed by atoms with van der Waals surface area (Å²) in [6, 6.07) is 0. The van der Waals surface area contributed by atoms with Gasteiger partial charge in [0.25, 0.3) is 0 Å². The molecule has 0 spiro atoms. The molecule has 0 aromatic heterocycles. The molecule has 0 saturated heterocycles. The molecule has 0 aliphatic rings. The van der Waals surface area contributed by atoms with Gasteiger partial charge in [0, 0.05) is 19.8 Å². The standard InChI is InChI=1S/C12H30N3OP/c1-6-11(7-2)9-15-17(5,13)16-12(8-3)10-14-4/h11-12,14H,6-10H2,1-5H3,(H2,13,15). The molecule has 0 aromatic carbocycles. The molecule has 5 heteroatoms. The Morgan fingerprint density at radius 3 is 2.12 bits per heavy atom. The minimum Gasteiger partial charge on any atom is -0.328 e. The minimum absolute atomic E-state index is 0.144. The fourth-order valence-electron chi connectivity index (χ4n) is 1.70. The van der Waals surface area contributed by atoms with Crippen molar-refractivity contribution in [3.05, 3.63) is 0 Å². The maximum atomic E-state index is 8.23. The van der Waals surface area contributed by atoms with Gasteiger partial charge in [-0.15, -0.1) is 0 Å². The number of likely N-dealkylation sites (N-methyl/N-ethyl adjacent to an activating group) is 1. The molecule has 0 rings (SSSR count). The molecular formula is C12H30N3OP. The van der Waals surface area contributed by atoms with Crippen molar-refractivity contribution in [1.82, 2.24) is 10.4 Å². The zero-order valence-corrected chi connectivity index (χ0v) is 12.9. The molecular weight excluding hydrogens is 233 g/mol. The lowest BCUT2D eigenvalue weighted by Gasteiger charge is -2.26. The van der Waals surface area contributed by atoms with Gasteiger partial charge in [-0.3, -0.25) is 10.2 Å². The zero-order chi connectivity index (χ0) is 13.3. The summed E-state index contributed by atoms with van der Waals surface area (Å²) in [5.41, 5.74) is 0. The molecule has 0 aliphatic heterocycles. The lowest BCUT2D eigenvalue weighted by molar-refractivity contribution is 0.210. The second kappa shape index (κ2) is 9.09. The van der Waals surface area contributed by atoms with E-state index in [1.54, 1.807) is 0 Å². The average Bonchev–Trinajstić information content (AvgIpc) is 2.29. The van der Waals surface area contributed by atoms with Crippen molar-refractivity contribution in [2.24, 2.45) is 5.92 Å². The second-order valence-electron chi connectivity index (χ2n) is 4.66. The number of nitrogens with one attached hydrogen (secondary N) is 3. The molecule has 0 aromatic rings. The van der Waals surface area contributed by atoms with Gasteiger partial charge in [-0.1, -0.05) is 33.6 Å². The lowest BCUT2D eigenvalue weighted by Crippen LogP contribution is -2.28. The van der Waals surface area contributed by atoms with E-state index in [1.165, 1.54) is 0 Å². The Kier molecular flexibility index (Phi) is 9.15. The third kappa shape index (κ3) is 7.93. The molecule has 0 amide bonds. The molecule has 2 atom stereocenters. The van der Waals surface area contributed by atoms with E-state index < -0.39 is 7.43 Å². The summed E-state index contributed by atoms with van der Waals surface area (Å²) in [4.78, 5) is 0. The topological polar surface area (TPSA) is 57.1 Å². The largest absolute Gasteiger partial charge is 0.328 e. The van der Waals surface area contributed by atoms with E-state index in [0.29, 0.717) is 5.92 Å². The summed E-state index contributed by atoms with van der Waals surface area (Å²) >= 11 is 0. The highest BCUT2D eigenvalue weighted by Crippen LogP contribution is 2.40. The highest BCUT2D eigenvalue weighted by Gasteiger charge is 2.17. The Bertz CT molecular complexity index is 232. The van der Waals surface area contributed by atoms with Gasteiger partial charge in [0.05, 0.1) is 6.10 Å². The summed E-state index contributed by atoms with van der Waals surface area (Å²) in [7, 11) is -0.245. The van der Waals surface area contributed by atoms with Gasteiger partial charge in [-0.25, -0.2) is 0 Å². The van der Waals surface area contributed by atoms with E-state index in [9.17, 15) is 0 Å². The monoisotopic (exact) mass is 263 g/mol. The van der Waals surface area contributed by atoms with Crippen molar-refractivity contribution < 1.29 is 4.52 Å². The van der Waals surface area contributed by atoms with Crippen molar-refractivity contribution in [2.45, 2.75) is 46.1 Å². The van der Waals surface area contributed by atoms with Crippen LogP contribution in [-0.4, -0.2) is 32.9 Å². The van der Waals surface area contributed by atoms with Crippen LogP contribution in [0.4, 0.5) is 0 Å². The van der Waals surface area contributed by atoms with Gasteiger partial charge >= 0.3 is 0 Å². The molecule has 4 nitrogen and oxygen atoms in total. The minimum atomic E-state index is -2.17. The molecule has 3 N–H and O–H groups in total. The molecule has 0 aliphatic carbocycles. The van der Waals surface area contributed by atoms with Crippen molar-refractivity contribution in [1.29, 1.82) is 5.16 Å². The Morgan fingerprint density at radius 2 is 1.71 bits per heavy atom. The quantitative estimate of drug-likeness (QED) is 0.530. The van der Waals surface area contributed by atoms with E-state index >= 15 is 0 Å². The van der Waals surface area contributed by atoms with Crippen LogP contribution in [0.25, 0.3) is 0 Å². The molecule has 0 bridgehead atoms. The maximum Gasteiger partial charge on any atom is 0.145 e. The van der Waals surface area contributed by atoms with Crippen LogP contribution in [-0.2, 0) is 4.52 Å². The van der Waals surface area contributed by atoms with Crippen LogP contribution in [0.3, 0.4) is 0 Å². The van der Waals surface area contributed by atoms with Crippen LogP contribution in [0.15, 0.2) is 0 Å². The third-order valence-corrected chi connectivity index (χ3v) is 4.59.